The Balaban J connectivity index is 1.78. The van der Waals surface area contributed by atoms with Gasteiger partial charge < -0.3 is 9.05 Å². The predicted octanol–water partition coefficient (Wildman–Crippen LogP) is 6.48. The van der Waals surface area contributed by atoms with E-state index >= 15 is 0 Å². The summed E-state index contributed by atoms with van der Waals surface area (Å²) in [6, 6.07) is 0.200. The van der Waals surface area contributed by atoms with Crippen molar-refractivity contribution in [1.82, 2.24) is 21.0 Å². The zero-order chi connectivity index (χ0) is 31.2. The van der Waals surface area contributed by atoms with Gasteiger partial charge in [0.05, 0.1) is 34.9 Å². The summed E-state index contributed by atoms with van der Waals surface area (Å²) < 4.78 is 38.5. The van der Waals surface area contributed by atoms with Gasteiger partial charge in [-0.1, -0.05) is 40.5 Å². The van der Waals surface area contributed by atoms with Gasteiger partial charge in [0.25, 0.3) is 0 Å². The molecule has 2 aliphatic rings. The Kier molecular flexibility index (Phi) is 17.1. The van der Waals surface area contributed by atoms with Crippen LogP contribution >= 0.6 is 61.4 Å². The topological polar surface area (TPSA) is 150 Å². The molecule has 12 nitrogen and oxygen atoms in total. The first kappa shape index (κ1) is 37.6. The minimum absolute atomic E-state index is 0.0998. The van der Waals surface area contributed by atoms with E-state index in [-0.39, 0.29) is 47.4 Å². The molecule has 242 valence electrons. The molecule has 0 aromatic heterocycles. The van der Waals surface area contributed by atoms with E-state index < -0.39 is 26.6 Å². The first-order valence-corrected chi connectivity index (χ1v) is 19.6. The van der Waals surface area contributed by atoms with Gasteiger partial charge in [-0.15, -0.1) is 46.4 Å². The molecule has 4 N–H and O–H groups in total. The average molecular weight is 712 g/mol. The monoisotopic (exact) mass is 710 g/mol. The number of halogens is 4. The predicted molar refractivity (Wildman–Crippen MR) is 177 cm³/mol. The number of unbranched alkanes of at least 4 members (excludes halogenated alkanes) is 3. The molecule has 0 saturated carbocycles. The van der Waals surface area contributed by atoms with Crippen LogP contribution in [0, 0.1) is 11.8 Å². The molecule has 0 amide bonds. The summed E-state index contributed by atoms with van der Waals surface area (Å²) in [6.07, 6.45) is 4.55. The first-order chi connectivity index (χ1) is 20.0. The molecule has 0 aliphatic carbocycles. The number of alkyl halides is 4. The summed E-state index contributed by atoms with van der Waals surface area (Å²) in [5.74, 6) is 0.230. The molecule has 2 aliphatic heterocycles. The van der Waals surface area contributed by atoms with Crippen molar-refractivity contribution in [2.45, 2.75) is 77.8 Å². The van der Waals surface area contributed by atoms with Crippen molar-refractivity contribution in [2.75, 3.05) is 36.6 Å². The highest BCUT2D eigenvalue weighted by molar-refractivity contribution is 7.58. The molecule has 0 fully saturated rings. The minimum Gasteiger partial charge on any atom is -0.397 e. The standard InChI is InChI=1S/C24H44Cl4N8O4P2/c1-17(2)11-21-31-23(35-33-19(13-25)14-26)39-41(21,37)29-9-7-5-6-8-10-30-42(38)22(12-18(3)4)32-24(40-42)36-34-20(15-27)16-28/h17-18,21-22H,5-16H2,1-4H3,(H,29,37)(H,30,38)(H,31,35)(H,32,36). The number of amidine groups is 2. The normalized spacial score (nSPS) is 25.1. The highest BCUT2D eigenvalue weighted by Gasteiger charge is 2.43. The summed E-state index contributed by atoms with van der Waals surface area (Å²) in [5.41, 5.74) is 6.43. The van der Waals surface area contributed by atoms with Gasteiger partial charge >= 0.3 is 27.1 Å². The number of nitrogens with one attached hydrogen (secondary N) is 4. The van der Waals surface area contributed by atoms with Crippen molar-refractivity contribution in [3.63, 3.8) is 0 Å². The summed E-state index contributed by atoms with van der Waals surface area (Å²) in [4.78, 5) is 8.90. The number of nitrogens with zero attached hydrogens (tertiary/aromatic N) is 4. The van der Waals surface area contributed by atoms with Crippen LogP contribution in [0.4, 0.5) is 0 Å². The van der Waals surface area contributed by atoms with Crippen LogP contribution in [-0.4, -0.2) is 71.6 Å². The lowest BCUT2D eigenvalue weighted by atomic mass is 10.1. The molecule has 4 atom stereocenters. The van der Waals surface area contributed by atoms with Gasteiger partial charge in [0, 0.05) is 13.1 Å². The van der Waals surface area contributed by atoms with Crippen LogP contribution in [-0.2, 0) is 18.2 Å². The van der Waals surface area contributed by atoms with E-state index in [1.807, 2.05) is 27.7 Å². The Morgan fingerprint density at radius 1 is 0.714 bits per heavy atom. The molecular formula is C24H44Cl4N8O4P2. The number of hydrazone groups is 2. The fourth-order valence-electron chi connectivity index (χ4n) is 3.97. The van der Waals surface area contributed by atoms with Crippen molar-refractivity contribution in [2.24, 2.45) is 32.0 Å². The van der Waals surface area contributed by atoms with Gasteiger partial charge in [0.1, 0.15) is 0 Å². The molecule has 2 heterocycles. The maximum Gasteiger partial charge on any atom is 0.343 e. The Labute approximate surface area is 269 Å². The van der Waals surface area contributed by atoms with Crippen molar-refractivity contribution >= 4 is 84.9 Å². The summed E-state index contributed by atoms with van der Waals surface area (Å²) in [6.45, 7) is 9.19. The fourth-order valence-corrected chi connectivity index (χ4v) is 9.11. The Hall–Kier alpha value is -0.580. The molecule has 0 spiro atoms. The molecule has 0 aromatic rings. The van der Waals surface area contributed by atoms with E-state index in [1.165, 1.54) is 0 Å². The fraction of sp³-hybridized carbons (Fsp3) is 0.833. The maximum absolute atomic E-state index is 13.6. The lowest BCUT2D eigenvalue weighted by Gasteiger charge is -2.20. The molecule has 0 bridgehead atoms. The van der Waals surface area contributed by atoms with Crippen LogP contribution in [0.2, 0.25) is 0 Å². The van der Waals surface area contributed by atoms with E-state index in [9.17, 15) is 9.13 Å². The average Bonchev–Trinajstić information content (AvgIpc) is 3.41. The molecule has 2 rings (SSSR count). The van der Waals surface area contributed by atoms with Crippen LogP contribution in [0.15, 0.2) is 20.2 Å². The lowest BCUT2D eigenvalue weighted by molar-refractivity contribution is 0.442. The Morgan fingerprint density at radius 3 is 1.38 bits per heavy atom. The Morgan fingerprint density at radius 2 is 1.07 bits per heavy atom. The smallest absolute Gasteiger partial charge is 0.343 e. The molecular weight excluding hydrogens is 668 g/mol. The molecule has 18 heteroatoms. The highest BCUT2D eigenvalue weighted by Crippen LogP contribution is 2.55. The molecule has 42 heavy (non-hydrogen) atoms. The zero-order valence-electron chi connectivity index (χ0n) is 24.6. The highest BCUT2D eigenvalue weighted by atomic mass is 35.5. The van der Waals surface area contributed by atoms with Gasteiger partial charge in [0.15, 0.2) is 11.6 Å². The van der Waals surface area contributed by atoms with E-state index in [0.717, 1.165) is 25.7 Å². The number of hydrogen-bond acceptors (Lipinski definition) is 10. The van der Waals surface area contributed by atoms with Crippen LogP contribution in [0.5, 0.6) is 0 Å². The second kappa shape index (κ2) is 19.1. The summed E-state index contributed by atoms with van der Waals surface area (Å²) >= 11 is 23.2. The quantitative estimate of drug-likeness (QED) is 0.0391. The van der Waals surface area contributed by atoms with Gasteiger partial charge in [-0.05, 0) is 37.5 Å². The van der Waals surface area contributed by atoms with E-state index in [2.05, 4.69) is 41.2 Å². The third-order valence-electron chi connectivity index (χ3n) is 6.13. The minimum atomic E-state index is -3.25. The molecule has 4 unspecified atom stereocenters. The third kappa shape index (κ3) is 12.4. The van der Waals surface area contributed by atoms with Crippen molar-refractivity contribution in [3.05, 3.63) is 0 Å². The molecule has 0 saturated heterocycles. The second-order valence-corrected chi connectivity index (χ2v) is 16.5. The summed E-state index contributed by atoms with van der Waals surface area (Å²) in [7, 11) is -6.51. The zero-order valence-corrected chi connectivity index (χ0v) is 29.4. The number of rotatable bonds is 19. The van der Waals surface area contributed by atoms with Gasteiger partial charge in [-0.3, -0.25) is 9.13 Å². The summed E-state index contributed by atoms with van der Waals surface area (Å²) in [5, 5.41) is 14.4. The second-order valence-electron chi connectivity index (χ2n) is 10.8. The largest absolute Gasteiger partial charge is 0.397 e. The van der Waals surface area contributed by atoms with Crippen LogP contribution in [0.1, 0.15) is 66.2 Å². The van der Waals surface area contributed by atoms with E-state index in [1.54, 1.807) is 0 Å². The van der Waals surface area contributed by atoms with Crippen molar-refractivity contribution in [3.8, 4) is 0 Å². The van der Waals surface area contributed by atoms with Crippen LogP contribution in [0.25, 0.3) is 0 Å². The molecule has 0 radical (unpaired) electrons. The van der Waals surface area contributed by atoms with Crippen LogP contribution < -0.4 is 21.0 Å². The van der Waals surface area contributed by atoms with Crippen molar-refractivity contribution < 1.29 is 18.2 Å². The first-order valence-electron chi connectivity index (χ1n) is 14.1. The number of hydrogen-bond donors (Lipinski definition) is 4. The Bertz CT molecular complexity index is 983. The number of aliphatic imine (C=N–C) groups is 2. The maximum atomic E-state index is 13.6. The van der Waals surface area contributed by atoms with Gasteiger partial charge in [0.2, 0.25) is 0 Å². The van der Waals surface area contributed by atoms with E-state index in [4.69, 9.17) is 55.5 Å². The van der Waals surface area contributed by atoms with Crippen LogP contribution in [0.3, 0.4) is 0 Å². The molecule has 0 aromatic carbocycles. The van der Waals surface area contributed by atoms with Gasteiger partial charge in [-0.2, -0.15) is 10.2 Å². The third-order valence-corrected chi connectivity index (χ3v) is 11.8. The van der Waals surface area contributed by atoms with Crippen molar-refractivity contribution in [1.29, 1.82) is 0 Å². The van der Waals surface area contributed by atoms with E-state index in [0.29, 0.717) is 37.4 Å². The SMILES string of the molecule is CC(C)CC1N=C(NN=C(CCl)CCl)OP1(=O)NCCCCCCNP1(=O)OC(NN=C(CCl)CCl)=NC1CC(C)C. The van der Waals surface area contributed by atoms with Gasteiger partial charge in [-0.25, -0.2) is 31.0 Å². The lowest BCUT2D eigenvalue weighted by Crippen LogP contribution is -2.23.